The number of hydrogen-bond donors (Lipinski definition) is 1. The summed E-state index contributed by atoms with van der Waals surface area (Å²) in [6.45, 7) is 8.85. The number of likely N-dealkylation sites (tertiary alicyclic amines) is 1. The first-order valence-corrected chi connectivity index (χ1v) is 12.9. The first-order valence-electron chi connectivity index (χ1n) is 12.9. The van der Waals surface area contributed by atoms with Crippen molar-refractivity contribution >= 4 is 17.5 Å². The van der Waals surface area contributed by atoms with Gasteiger partial charge in [-0.1, -0.05) is 13.3 Å². The molecule has 0 atom stereocenters. The molecule has 2 saturated heterocycles. The molecule has 0 aromatic carbocycles. The lowest BCUT2D eigenvalue weighted by Crippen LogP contribution is -2.36. The van der Waals surface area contributed by atoms with E-state index in [0.717, 1.165) is 63.2 Å². The lowest BCUT2D eigenvalue weighted by Gasteiger charge is -2.34. The van der Waals surface area contributed by atoms with Crippen LogP contribution in [0.25, 0.3) is 0 Å². The van der Waals surface area contributed by atoms with Gasteiger partial charge in [0.15, 0.2) is 0 Å². The first-order chi connectivity index (χ1) is 16.2. The van der Waals surface area contributed by atoms with Crippen LogP contribution in [0.2, 0.25) is 0 Å². The van der Waals surface area contributed by atoms with Crippen molar-refractivity contribution in [2.45, 2.75) is 77.2 Å². The van der Waals surface area contributed by atoms with Crippen LogP contribution in [-0.2, 0) is 24.2 Å². The van der Waals surface area contributed by atoms with Crippen molar-refractivity contribution in [1.82, 2.24) is 24.4 Å². The van der Waals surface area contributed by atoms with Crippen LogP contribution in [0.4, 0.5) is 11.6 Å². The van der Waals surface area contributed by atoms with Gasteiger partial charge in [-0.15, -0.1) is 0 Å². The fourth-order valence-electron chi connectivity index (χ4n) is 5.52. The number of fused-ring (bicyclic) bond motifs is 1. The molecule has 8 nitrogen and oxygen atoms in total. The molecule has 0 spiro atoms. The number of nitrogens with zero attached hydrogens (tertiary/aromatic N) is 6. The van der Waals surface area contributed by atoms with E-state index >= 15 is 0 Å². The third-order valence-electron chi connectivity index (χ3n) is 7.44. The number of nitrogens with one attached hydrogen (secondary N) is 1. The van der Waals surface area contributed by atoms with Gasteiger partial charge in [0, 0.05) is 50.3 Å². The minimum Gasteiger partial charge on any atom is -0.356 e. The highest BCUT2D eigenvalue weighted by Crippen LogP contribution is 2.34. The zero-order chi connectivity index (χ0) is 22.6. The quantitative estimate of drug-likeness (QED) is 0.663. The zero-order valence-corrected chi connectivity index (χ0v) is 19.9. The summed E-state index contributed by atoms with van der Waals surface area (Å²) in [5.74, 6) is 3.52. The molecule has 2 aromatic heterocycles. The molecular formula is C25H37N7O. The summed E-state index contributed by atoms with van der Waals surface area (Å²) in [5.41, 5.74) is 2.35. The Hall–Kier alpha value is -2.48. The number of imidazole rings is 1. The summed E-state index contributed by atoms with van der Waals surface area (Å²) in [5, 5.41) is 2.90. The average molecular weight is 452 g/mol. The number of aryl methyl sites for hydroxylation is 1. The number of aromatic nitrogens is 4. The monoisotopic (exact) mass is 451 g/mol. The Kier molecular flexibility index (Phi) is 6.90. The van der Waals surface area contributed by atoms with Crippen LogP contribution in [0.15, 0.2) is 12.5 Å². The predicted molar refractivity (Wildman–Crippen MR) is 130 cm³/mol. The minimum atomic E-state index is 0.0468. The second kappa shape index (κ2) is 10.2. The lowest BCUT2D eigenvalue weighted by molar-refractivity contribution is -0.116. The largest absolute Gasteiger partial charge is 0.356 e. The van der Waals surface area contributed by atoms with Crippen LogP contribution < -0.4 is 10.2 Å². The molecule has 3 aliphatic heterocycles. The van der Waals surface area contributed by atoms with E-state index < -0.39 is 0 Å². The molecular weight excluding hydrogens is 414 g/mol. The van der Waals surface area contributed by atoms with Crippen molar-refractivity contribution in [2.24, 2.45) is 0 Å². The van der Waals surface area contributed by atoms with Crippen LogP contribution in [0.1, 0.15) is 74.9 Å². The number of piperidine rings is 1. The van der Waals surface area contributed by atoms with Crippen LogP contribution >= 0.6 is 0 Å². The van der Waals surface area contributed by atoms with E-state index in [1.54, 1.807) is 6.33 Å². The second-order valence-electron chi connectivity index (χ2n) is 9.77. The van der Waals surface area contributed by atoms with Gasteiger partial charge in [-0.25, -0.2) is 15.0 Å². The third-order valence-corrected chi connectivity index (χ3v) is 7.44. The van der Waals surface area contributed by atoms with E-state index in [1.807, 2.05) is 0 Å². The number of carbonyl (C=O) groups excluding carboxylic acids is 1. The lowest BCUT2D eigenvalue weighted by atomic mass is 9.95. The summed E-state index contributed by atoms with van der Waals surface area (Å²) in [4.78, 5) is 30.8. The topological polar surface area (TPSA) is 79.2 Å². The van der Waals surface area contributed by atoms with E-state index in [1.165, 1.54) is 50.3 Å². The Balaban J connectivity index is 1.27. The van der Waals surface area contributed by atoms with Gasteiger partial charge in [0.2, 0.25) is 5.91 Å². The van der Waals surface area contributed by atoms with Crippen LogP contribution in [0.5, 0.6) is 0 Å². The number of rotatable bonds is 8. The average Bonchev–Trinajstić information content (AvgIpc) is 3.51. The molecule has 5 rings (SSSR count). The van der Waals surface area contributed by atoms with Gasteiger partial charge in [-0.3, -0.25) is 4.79 Å². The minimum absolute atomic E-state index is 0.0468. The van der Waals surface area contributed by atoms with E-state index in [0.29, 0.717) is 18.2 Å². The number of anilines is 2. The molecule has 0 saturated carbocycles. The van der Waals surface area contributed by atoms with Crippen molar-refractivity contribution in [3.05, 3.63) is 29.6 Å². The van der Waals surface area contributed by atoms with Gasteiger partial charge in [0.25, 0.3) is 0 Å². The predicted octanol–water partition coefficient (Wildman–Crippen LogP) is 3.38. The first kappa shape index (κ1) is 22.3. The summed E-state index contributed by atoms with van der Waals surface area (Å²) < 4.78 is 2.46. The SMILES string of the molecule is CCCCc1cn(CCN2CCCC2)c(C2CCN(c3ncnc4c3CCC(=O)N4)CC2)n1. The van der Waals surface area contributed by atoms with Crippen LogP contribution in [0.3, 0.4) is 0 Å². The van der Waals surface area contributed by atoms with Gasteiger partial charge in [-0.2, -0.15) is 0 Å². The molecule has 1 amide bonds. The fraction of sp³-hybridized carbons (Fsp3) is 0.680. The Bertz CT molecular complexity index is 958. The normalized spacial score (nSPS) is 19.7. The number of carbonyl (C=O) groups is 1. The van der Waals surface area contributed by atoms with Crippen LogP contribution in [0, 0.1) is 0 Å². The summed E-state index contributed by atoms with van der Waals surface area (Å²) >= 11 is 0. The molecule has 33 heavy (non-hydrogen) atoms. The molecule has 1 N–H and O–H groups in total. The zero-order valence-electron chi connectivity index (χ0n) is 19.9. The van der Waals surface area contributed by atoms with Crippen molar-refractivity contribution in [1.29, 1.82) is 0 Å². The molecule has 0 bridgehead atoms. The highest BCUT2D eigenvalue weighted by molar-refractivity contribution is 5.93. The van der Waals surface area contributed by atoms with Gasteiger partial charge < -0.3 is 19.7 Å². The fourth-order valence-corrected chi connectivity index (χ4v) is 5.52. The van der Waals surface area contributed by atoms with Gasteiger partial charge in [0.1, 0.15) is 23.8 Å². The van der Waals surface area contributed by atoms with E-state index in [9.17, 15) is 4.79 Å². The molecule has 5 heterocycles. The third kappa shape index (κ3) is 5.05. The van der Waals surface area contributed by atoms with Gasteiger partial charge >= 0.3 is 0 Å². The Morgan fingerprint density at radius 3 is 2.67 bits per heavy atom. The Morgan fingerprint density at radius 2 is 1.88 bits per heavy atom. The van der Waals surface area contributed by atoms with Gasteiger partial charge in [0.05, 0.1) is 5.69 Å². The molecule has 178 valence electrons. The Labute approximate surface area is 196 Å². The number of amides is 1. The maximum Gasteiger partial charge on any atom is 0.225 e. The molecule has 2 aromatic rings. The van der Waals surface area contributed by atoms with E-state index in [-0.39, 0.29) is 5.91 Å². The van der Waals surface area contributed by atoms with Crippen molar-refractivity contribution in [3.8, 4) is 0 Å². The van der Waals surface area contributed by atoms with Gasteiger partial charge in [-0.05, 0) is 58.0 Å². The summed E-state index contributed by atoms with van der Waals surface area (Å²) in [6, 6.07) is 0. The highest BCUT2D eigenvalue weighted by atomic mass is 16.1. The molecule has 3 aliphatic rings. The summed E-state index contributed by atoms with van der Waals surface area (Å²) in [6.07, 6.45) is 13.5. The molecule has 0 unspecified atom stereocenters. The standard InChI is InChI=1S/C25H37N7O/c1-2-3-6-20-17-32(16-15-30-11-4-5-12-30)24(28-20)19-9-13-31(14-10-19)25-21-7-8-22(33)29-23(21)26-18-27-25/h17-19H,2-16H2,1H3,(H,26,27,29,33). The maximum absolute atomic E-state index is 11.8. The van der Waals surface area contributed by atoms with E-state index in [2.05, 4.69) is 42.8 Å². The molecule has 8 heteroatoms. The van der Waals surface area contributed by atoms with Crippen molar-refractivity contribution in [3.63, 3.8) is 0 Å². The van der Waals surface area contributed by atoms with Crippen molar-refractivity contribution in [2.75, 3.05) is 42.9 Å². The van der Waals surface area contributed by atoms with Crippen molar-refractivity contribution < 1.29 is 4.79 Å². The second-order valence-corrected chi connectivity index (χ2v) is 9.77. The Morgan fingerprint density at radius 1 is 1.06 bits per heavy atom. The molecule has 2 fully saturated rings. The van der Waals surface area contributed by atoms with Crippen LogP contribution in [-0.4, -0.2) is 63.0 Å². The van der Waals surface area contributed by atoms with E-state index in [4.69, 9.17) is 4.98 Å². The summed E-state index contributed by atoms with van der Waals surface area (Å²) in [7, 11) is 0. The maximum atomic E-state index is 11.8. The number of hydrogen-bond acceptors (Lipinski definition) is 6. The number of unbranched alkanes of at least 4 members (excludes halogenated alkanes) is 1. The highest BCUT2D eigenvalue weighted by Gasteiger charge is 2.29. The molecule has 0 aliphatic carbocycles. The molecule has 0 radical (unpaired) electrons. The smallest absolute Gasteiger partial charge is 0.225 e.